The van der Waals surface area contributed by atoms with Gasteiger partial charge in [-0.1, -0.05) is 17.3 Å². The van der Waals surface area contributed by atoms with Gasteiger partial charge in [-0.15, -0.1) is 0 Å². The molecule has 0 unspecified atom stereocenters. The van der Waals surface area contributed by atoms with Gasteiger partial charge < -0.3 is 14.4 Å². The van der Waals surface area contributed by atoms with E-state index in [9.17, 15) is 0 Å². The molecule has 130 valence electrons. The Bertz CT molecular complexity index is 1110. The molecule has 0 spiro atoms. The fraction of sp³-hybridized carbons (Fsp3) is 0.238. The third kappa shape index (κ3) is 2.44. The Balaban J connectivity index is 1.51. The molecule has 0 saturated carbocycles. The number of rotatable bonds is 3. The molecule has 4 aromatic rings. The van der Waals surface area contributed by atoms with Crippen molar-refractivity contribution in [3.8, 4) is 22.8 Å². The van der Waals surface area contributed by atoms with Crippen LogP contribution in [0.5, 0.6) is 0 Å². The highest BCUT2D eigenvalue weighted by Crippen LogP contribution is 2.28. The Hall–Kier alpha value is -2.92. The number of hydrogen-bond acceptors (Lipinski definition) is 4. The molecule has 26 heavy (non-hydrogen) atoms. The third-order valence-corrected chi connectivity index (χ3v) is 5.05. The van der Waals surface area contributed by atoms with Crippen molar-refractivity contribution in [3.05, 3.63) is 59.8 Å². The summed E-state index contributed by atoms with van der Waals surface area (Å²) in [5.41, 5.74) is 5.81. The largest absolute Gasteiger partial charge is 0.345 e. The number of hydrogen-bond donors (Lipinski definition) is 1. The van der Waals surface area contributed by atoms with Crippen LogP contribution in [0.2, 0.25) is 0 Å². The maximum atomic E-state index is 5.54. The van der Waals surface area contributed by atoms with E-state index in [1.807, 2.05) is 6.07 Å². The molecular weight excluding hydrogens is 324 g/mol. The standard InChI is InChI=1S/C21H20N4O/c1-13(2)25-8-7-14-9-16(5-6-19(14)25)21-23-20(24-26-21)15-3-4-17-11-22-12-18(17)10-15/h3-10,13,22H,11-12H2,1-2H3. The zero-order valence-corrected chi connectivity index (χ0v) is 14.9. The molecule has 0 saturated heterocycles. The van der Waals surface area contributed by atoms with Gasteiger partial charge in [0.15, 0.2) is 0 Å². The molecule has 1 aliphatic heterocycles. The third-order valence-electron chi connectivity index (χ3n) is 5.05. The minimum absolute atomic E-state index is 0.433. The van der Waals surface area contributed by atoms with Crippen molar-refractivity contribution in [2.24, 2.45) is 0 Å². The summed E-state index contributed by atoms with van der Waals surface area (Å²) < 4.78 is 7.80. The van der Waals surface area contributed by atoms with Crippen LogP contribution >= 0.6 is 0 Å². The van der Waals surface area contributed by atoms with Crippen LogP contribution in [0.15, 0.2) is 53.2 Å². The van der Waals surface area contributed by atoms with E-state index >= 15 is 0 Å². The van der Waals surface area contributed by atoms with Gasteiger partial charge in [0.05, 0.1) is 0 Å². The van der Waals surface area contributed by atoms with Crippen LogP contribution in [0.1, 0.15) is 31.0 Å². The smallest absolute Gasteiger partial charge is 0.258 e. The zero-order chi connectivity index (χ0) is 17.7. The average molecular weight is 344 g/mol. The topological polar surface area (TPSA) is 55.9 Å². The van der Waals surface area contributed by atoms with Gasteiger partial charge in [-0.25, -0.2) is 0 Å². The van der Waals surface area contributed by atoms with Crippen LogP contribution in [0.3, 0.4) is 0 Å². The monoisotopic (exact) mass is 344 g/mol. The fourth-order valence-electron chi connectivity index (χ4n) is 3.64. The Morgan fingerprint density at radius 1 is 1.00 bits per heavy atom. The van der Waals surface area contributed by atoms with Crippen molar-refractivity contribution in [2.75, 3.05) is 0 Å². The molecule has 2 aromatic carbocycles. The van der Waals surface area contributed by atoms with Crippen LogP contribution in [0.4, 0.5) is 0 Å². The molecule has 1 N–H and O–H groups in total. The Morgan fingerprint density at radius 2 is 1.85 bits per heavy atom. The van der Waals surface area contributed by atoms with Crippen molar-refractivity contribution < 1.29 is 4.52 Å². The van der Waals surface area contributed by atoms with E-state index in [0.717, 1.165) is 24.2 Å². The highest BCUT2D eigenvalue weighted by molar-refractivity contribution is 5.84. The molecule has 0 bridgehead atoms. The van der Waals surface area contributed by atoms with E-state index in [1.54, 1.807) is 0 Å². The molecule has 5 rings (SSSR count). The number of nitrogens with one attached hydrogen (secondary N) is 1. The van der Waals surface area contributed by atoms with Crippen LogP contribution < -0.4 is 5.32 Å². The lowest BCUT2D eigenvalue weighted by molar-refractivity contribution is 0.432. The van der Waals surface area contributed by atoms with Gasteiger partial charge in [0, 0.05) is 47.4 Å². The second kappa shape index (κ2) is 5.81. The summed E-state index contributed by atoms with van der Waals surface area (Å²) >= 11 is 0. The van der Waals surface area contributed by atoms with Gasteiger partial charge in [0.1, 0.15) is 0 Å². The van der Waals surface area contributed by atoms with Gasteiger partial charge in [0.2, 0.25) is 5.82 Å². The van der Waals surface area contributed by atoms with Gasteiger partial charge in [-0.2, -0.15) is 4.98 Å². The van der Waals surface area contributed by atoms with Gasteiger partial charge >= 0.3 is 0 Å². The molecule has 2 aromatic heterocycles. The van der Waals surface area contributed by atoms with E-state index in [4.69, 9.17) is 4.52 Å². The van der Waals surface area contributed by atoms with Crippen molar-refractivity contribution in [3.63, 3.8) is 0 Å². The van der Waals surface area contributed by atoms with Gasteiger partial charge in [-0.05, 0) is 55.3 Å². The second-order valence-electron chi connectivity index (χ2n) is 7.10. The lowest BCUT2D eigenvalue weighted by Crippen LogP contribution is -1.99. The summed E-state index contributed by atoms with van der Waals surface area (Å²) in [5.74, 6) is 1.19. The first-order chi connectivity index (χ1) is 12.7. The molecule has 0 aliphatic carbocycles. The first kappa shape index (κ1) is 15.3. The highest BCUT2D eigenvalue weighted by Gasteiger charge is 2.15. The minimum atomic E-state index is 0.433. The van der Waals surface area contributed by atoms with E-state index in [2.05, 4.69) is 76.5 Å². The van der Waals surface area contributed by atoms with Gasteiger partial charge in [-0.3, -0.25) is 0 Å². The Morgan fingerprint density at radius 3 is 2.73 bits per heavy atom. The minimum Gasteiger partial charge on any atom is -0.345 e. The van der Waals surface area contributed by atoms with Crippen LogP contribution in [0, 0.1) is 0 Å². The number of fused-ring (bicyclic) bond motifs is 2. The normalized spacial score (nSPS) is 13.7. The molecule has 0 atom stereocenters. The van der Waals surface area contributed by atoms with Crippen molar-refractivity contribution >= 4 is 10.9 Å². The summed E-state index contributed by atoms with van der Waals surface area (Å²) in [4.78, 5) is 4.62. The Labute approximate surface area is 151 Å². The molecule has 0 radical (unpaired) electrons. The lowest BCUT2D eigenvalue weighted by atomic mass is 10.1. The maximum Gasteiger partial charge on any atom is 0.258 e. The van der Waals surface area contributed by atoms with E-state index < -0.39 is 0 Å². The van der Waals surface area contributed by atoms with E-state index in [-0.39, 0.29) is 0 Å². The summed E-state index contributed by atoms with van der Waals surface area (Å²) in [7, 11) is 0. The Kier molecular flexibility index (Phi) is 3.43. The lowest BCUT2D eigenvalue weighted by Gasteiger charge is -2.09. The zero-order valence-electron chi connectivity index (χ0n) is 14.9. The maximum absolute atomic E-state index is 5.54. The second-order valence-corrected chi connectivity index (χ2v) is 7.10. The number of benzene rings is 2. The summed E-state index contributed by atoms with van der Waals surface area (Å²) in [5, 5.41) is 8.73. The van der Waals surface area contributed by atoms with Crippen LogP contribution in [-0.4, -0.2) is 14.7 Å². The predicted molar refractivity (Wildman–Crippen MR) is 102 cm³/mol. The molecule has 3 heterocycles. The first-order valence-electron chi connectivity index (χ1n) is 8.96. The molecule has 5 heteroatoms. The van der Waals surface area contributed by atoms with Crippen molar-refractivity contribution in [1.82, 2.24) is 20.0 Å². The van der Waals surface area contributed by atoms with Crippen LogP contribution in [0.25, 0.3) is 33.7 Å². The van der Waals surface area contributed by atoms with Crippen molar-refractivity contribution in [2.45, 2.75) is 33.0 Å². The summed E-state index contributed by atoms with van der Waals surface area (Å²) in [6, 6.07) is 15.2. The van der Waals surface area contributed by atoms with Crippen molar-refractivity contribution in [1.29, 1.82) is 0 Å². The first-order valence-corrected chi connectivity index (χ1v) is 8.96. The van der Waals surface area contributed by atoms with E-state index in [0.29, 0.717) is 17.8 Å². The molecule has 5 nitrogen and oxygen atoms in total. The average Bonchev–Trinajstić information content (AvgIpc) is 3.38. The molecule has 0 amide bonds. The van der Waals surface area contributed by atoms with Crippen LogP contribution in [-0.2, 0) is 13.1 Å². The summed E-state index contributed by atoms with van der Waals surface area (Å²) in [6.45, 7) is 6.20. The number of nitrogens with zero attached hydrogens (tertiary/aromatic N) is 3. The summed E-state index contributed by atoms with van der Waals surface area (Å²) in [6.07, 6.45) is 2.12. The van der Waals surface area contributed by atoms with E-state index in [1.165, 1.54) is 22.0 Å². The SMILES string of the molecule is CC(C)n1ccc2cc(-c3nc(-c4ccc5c(c4)CNC5)no3)ccc21. The highest BCUT2D eigenvalue weighted by atomic mass is 16.5. The number of aromatic nitrogens is 3. The molecular formula is C21H20N4O. The molecule has 0 fully saturated rings. The fourth-order valence-corrected chi connectivity index (χ4v) is 3.64. The van der Waals surface area contributed by atoms with Gasteiger partial charge in [0.25, 0.3) is 5.89 Å². The predicted octanol–water partition coefficient (Wildman–Crippen LogP) is 4.54. The quantitative estimate of drug-likeness (QED) is 0.593. The molecule has 1 aliphatic rings.